The van der Waals surface area contributed by atoms with Crippen LogP contribution in [0, 0.1) is 0 Å². The lowest BCUT2D eigenvalue weighted by Crippen LogP contribution is -2.41. The fourth-order valence-electron chi connectivity index (χ4n) is 3.35. The number of carbonyl (C=O) groups is 2. The third kappa shape index (κ3) is 6.37. The van der Waals surface area contributed by atoms with Crippen molar-refractivity contribution >= 4 is 33.5 Å². The average Bonchev–Trinajstić information content (AvgIpc) is 2.77. The van der Waals surface area contributed by atoms with Crippen LogP contribution in [0.5, 0.6) is 0 Å². The zero-order valence-electron chi connectivity index (χ0n) is 16.9. The van der Waals surface area contributed by atoms with E-state index in [0.717, 1.165) is 28.7 Å². The van der Waals surface area contributed by atoms with Gasteiger partial charge in [0.25, 0.3) is 0 Å². The summed E-state index contributed by atoms with van der Waals surface area (Å²) in [4.78, 5) is 26.5. The number of nitrogens with zero attached hydrogens (tertiary/aromatic N) is 1. The fourth-order valence-corrected chi connectivity index (χ4v) is 3.73. The maximum absolute atomic E-state index is 12.7. The van der Waals surface area contributed by atoms with Crippen molar-refractivity contribution < 1.29 is 19.1 Å². The third-order valence-corrected chi connectivity index (χ3v) is 5.37. The average molecular weight is 476 g/mol. The number of esters is 1. The molecule has 1 atom stereocenters. The molecule has 0 aliphatic carbocycles. The monoisotopic (exact) mass is 475 g/mol. The van der Waals surface area contributed by atoms with Gasteiger partial charge in [0.1, 0.15) is 0 Å². The van der Waals surface area contributed by atoms with Crippen molar-refractivity contribution in [2.75, 3.05) is 51.8 Å². The van der Waals surface area contributed by atoms with Crippen molar-refractivity contribution in [3.8, 4) is 0 Å². The highest BCUT2D eigenvalue weighted by molar-refractivity contribution is 9.10. The minimum Gasteiger partial charge on any atom is -0.468 e. The van der Waals surface area contributed by atoms with Crippen molar-refractivity contribution in [1.29, 1.82) is 0 Å². The Labute approximate surface area is 184 Å². The second kappa shape index (κ2) is 11.2. The molecule has 0 bridgehead atoms. The van der Waals surface area contributed by atoms with Crippen molar-refractivity contribution in [2.24, 2.45) is 0 Å². The van der Waals surface area contributed by atoms with Gasteiger partial charge in [-0.3, -0.25) is 19.8 Å². The largest absolute Gasteiger partial charge is 0.468 e. The molecule has 1 aliphatic heterocycles. The van der Waals surface area contributed by atoms with Crippen molar-refractivity contribution in [3.63, 3.8) is 0 Å². The normalized spacial score (nSPS) is 15.4. The van der Waals surface area contributed by atoms with Crippen LogP contribution < -0.4 is 10.6 Å². The maximum atomic E-state index is 12.7. The van der Waals surface area contributed by atoms with E-state index in [-0.39, 0.29) is 24.5 Å². The molecule has 1 aliphatic rings. The molecule has 1 heterocycles. The molecule has 2 aromatic rings. The van der Waals surface area contributed by atoms with E-state index in [1.807, 2.05) is 48.5 Å². The lowest BCUT2D eigenvalue weighted by Gasteiger charge is -2.27. The highest BCUT2D eigenvalue weighted by atomic mass is 79.9. The zero-order chi connectivity index (χ0) is 21.3. The van der Waals surface area contributed by atoms with Gasteiger partial charge in [-0.05, 0) is 29.3 Å². The van der Waals surface area contributed by atoms with Gasteiger partial charge in [0.2, 0.25) is 5.91 Å². The summed E-state index contributed by atoms with van der Waals surface area (Å²) in [5.41, 5.74) is 2.53. The molecule has 7 nitrogen and oxygen atoms in total. The SMILES string of the molecule is COC(=O)CN[C@H](c1ccccc1)c1cc(Br)ccc1NC(=O)CN1CCOCC1. The van der Waals surface area contributed by atoms with Gasteiger partial charge >= 0.3 is 5.97 Å². The van der Waals surface area contributed by atoms with Crippen LogP contribution in [0.15, 0.2) is 53.0 Å². The van der Waals surface area contributed by atoms with E-state index in [2.05, 4.69) is 31.5 Å². The molecule has 2 aromatic carbocycles. The molecule has 8 heteroatoms. The number of carbonyl (C=O) groups excluding carboxylic acids is 2. The molecule has 0 aromatic heterocycles. The Bertz CT molecular complexity index is 857. The van der Waals surface area contributed by atoms with Crippen molar-refractivity contribution in [3.05, 3.63) is 64.1 Å². The second-order valence-corrected chi connectivity index (χ2v) is 7.88. The van der Waals surface area contributed by atoms with Gasteiger partial charge in [-0.1, -0.05) is 46.3 Å². The van der Waals surface area contributed by atoms with E-state index in [9.17, 15) is 9.59 Å². The second-order valence-electron chi connectivity index (χ2n) is 6.97. The zero-order valence-corrected chi connectivity index (χ0v) is 18.5. The Kier molecular flexibility index (Phi) is 8.39. The standard InChI is InChI=1S/C22H26BrN3O4/c1-29-21(28)14-24-22(16-5-3-2-4-6-16)18-13-17(23)7-8-19(18)25-20(27)15-26-9-11-30-12-10-26/h2-8,13,22,24H,9-12,14-15H2,1H3,(H,25,27)/t22-/m1/s1. The molecule has 160 valence electrons. The van der Waals surface area contributed by atoms with Crippen molar-refractivity contribution in [2.45, 2.75) is 6.04 Å². The molecule has 0 saturated carbocycles. The summed E-state index contributed by atoms with van der Waals surface area (Å²) in [6.45, 7) is 3.13. The first-order chi connectivity index (χ1) is 14.6. The van der Waals surface area contributed by atoms with Crippen LogP contribution in [0.4, 0.5) is 5.69 Å². The summed E-state index contributed by atoms with van der Waals surface area (Å²) < 4.78 is 11.0. The first kappa shape index (κ1) is 22.4. The Morgan fingerprint density at radius 2 is 1.90 bits per heavy atom. The van der Waals surface area contributed by atoms with Crippen LogP contribution in [-0.4, -0.2) is 63.3 Å². The van der Waals surface area contributed by atoms with E-state index >= 15 is 0 Å². The summed E-state index contributed by atoms with van der Waals surface area (Å²) in [5, 5.41) is 6.29. The van der Waals surface area contributed by atoms with Crippen LogP contribution in [0.25, 0.3) is 0 Å². The summed E-state index contributed by atoms with van der Waals surface area (Å²) in [6.07, 6.45) is 0. The number of amides is 1. The molecule has 1 amide bonds. The Morgan fingerprint density at radius 3 is 2.60 bits per heavy atom. The molecule has 1 fully saturated rings. The molecular weight excluding hydrogens is 450 g/mol. The number of morpholine rings is 1. The Morgan fingerprint density at radius 1 is 1.17 bits per heavy atom. The first-order valence-electron chi connectivity index (χ1n) is 9.81. The smallest absolute Gasteiger partial charge is 0.319 e. The molecule has 3 rings (SSSR count). The molecule has 2 N–H and O–H groups in total. The van der Waals surface area contributed by atoms with Crippen LogP contribution in [0.3, 0.4) is 0 Å². The van der Waals surface area contributed by atoms with Gasteiger partial charge in [0, 0.05) is 23.2 Å². The Hall–Kier alpha value is -2.26. The number of anilines is 1. The van der Waals surface area contributed by atoms with Gasteiger partial charge in [-0.15, -0.1) is 0 Å². The fraction of sp³-hybridized carbons (Fsp3) is 0.364. The number of halogens is 1. The highest BCUT2D eigenvalue weighted by Gasteiger charge is 2.21. The van der Waals surface area contributed by atoms with Crippen LogP contribution in [0.1, 0.15) is 17.2 Å². The number of hydrogen-bond acceptors (Lipinski definition) is 6. The minimum atomic E-state index is -0.358. The van der Waals surface area contributed by atoms with E-state index in [1.54, 1.807) is 0 Å². The number of methoxy groups -OCH3 is 1. The lowest BCUT2D eigenvalue weighted by atomic mass is 9.97. The number of hydrogen-bond donors (Lipinski definition) is 2. The quantitative estimate of drug-likeness (QED) is 0.571. The third-order valence-electron chi connectivity index (χ3n) is 4.88. The molecule has 0 radical (unpaired) electrons. The molecule has 1 saturated heterocycles. The highest BCUT2D eigenvalue weighted by Crippen LogP contribution is 2.31. The van der Waals surface area contributed by atoms with Gasteiger partial charge < -0.3 is 14.8 Å². The van der Waals surface area contributed by atoms with E-state index in [4.69, 9.17) is 9.47 Å². The minimum absolute atomic E-state index is 0.0454. The van der Waals surface area contributed by atoms with E-state index in [1.165, 1.54) is 7.11 Å². The maximum Gasteiger partial charge on any atom is 0.319 e. The summed E-state index contributed by atoms with van der Waals surface area (Å²) >= 11 is 3.52. The molecule has 0 unspecified atom stereocenters. The van der Waals surface area contributed by atoms with Crippen LogP contribution in [0.2, 0.25) is 0 Å². The Balaban J connectivity index is 1.84. The summed E-state index contributed by atoms with van der Waals surface area (Å²) in [7, 11) is 1.36. The summed E-state index contributed by atoms with van der Waals surface area (Å²) in [5.74, 6) is -0.441. The molecular formula is C22H26BrN3O4. The summed E-state index contributed by atoms with van der Waals surface area (Å²) in [6, 6.07) is 15.2. The molecule has 0 spiro atoms. The van der Waals surface area contributed by atoms with Crippen molar-refractivity contribution in [1.82, 2.24) is 10.2 Å². The number of nitrogens with one attached hydrogen (secondary N) is 2. The number of rotatable bonds is 8. The van der Waals surface area contributed by atoms with E-state index < -0.39 is 0 Å². The topological polar surface area (TPSA) is 79.9 Å². The van der Waals surface area contributed by atoms with Crippen LogP contribution >= 0.6 is 15.9 Å². The predicted octanol–water partition coefficient (Wildman–Crippen LogP) is 2.57. The number of benzene rings is 2. The van der Waals surface area contributed by atoms with Gasteiger partial charge in [-0.2, -0.15) is 0 Å². The number of ether oxygens (including phenoxy) is 2. The van der Waals surface area contributed by atoms with Gasteiger partial charge in [0.05, 0.1) is 39.5 Å². The lowest BCUT2D eigenvalue weighted by molar-refractivity contribution is -0.139. The van der Waals surface area contributed by atoms with Gasteiger partial charge in [-0.25, -0.2) is 0 Å². The first-order valence-corrected chi connectivity index (χ1v) is 10.6. The molecule has 30 heavy (non-hydrogen) atoms. The van der Waals surface area contributed by atoms with Gasteiger partial charge in [0.15, 0.2) is 0 Å². The van der Waals surface area contributed by atoms with E-state index in [0.29, 0.717) is 25.4 Å². The predicted molar refractivity (Wildman–Crippen MR) is 118 cm³/mol. The van der Waals surface area contributed by atoms with Crippen LogP contribution in [-0.2, 0) is 19.1 Å².